The average molecular weight is 428 g/mol. The van der Waals surface area contributed by atoms with Crippen molar-refractivity contribution in [1.82, 2.24) is 5.43 Å². The van der Waals surface area contributed by atoms with Crippen LogP contribution in [0.25, 0.3) is 0 Å². The van der Waals surface area contributed by atoms with Crippen LogP contribution in [-0.4, -0.2) is 25.3 Å². The zero-order valence-corrected chi connectivity index (χ0v) is 16.3. The van der Waals surface area contributed by atoms with Gasteiger partial charge in [-0.25, -0.2) is 5.43 Å². The smallest absolute Gasteiger partial charge is 0.417 e. The van der Waals surface area contributed by atoms with E-state index in [2.05, 4.69) is 10.5 Å². The SMILES string of the molecule is O=C(NN=Cc1ccccc1C(F)(F)F)c1ccccc1OCCOc1ccccc1. The van der Waals surface area contributed by atoms with E-state index in [1.807, 2.05) is 30.3 Å². The number of benzene rings is 3. The van der Waals surface area contributed by atoms with Crippen LogP contribution in [0.3, 0.4) is 0 Å². The first kappa shape index (κ1) is 21.9. The van der Waals surface area contributed by atoms with Crippen LogP contribution in [0.2, 0.25) is 0 Å². The molecule has 3 aromatic rings. The predicted octanol–water partition coefficient (Wildman–Crippen LogP) is 4.93. The normalized spacial score (nSPS) is 11.3. The van der Waals surface area contributed by atoms with Crippen molar-refractivity contribution in [3.05, 3.63) is 95.6 Å². The lowest BCUT2D eigenvalue weighted by atomic mass is 10.1. The zero-order chi connectivity index (χ0) is 22.1. The molecular weight excluding hydrogens is 409 g/mol. The monoisotopic (exact) mass is 428 g/mol. The molecule has 0 spiro atoms. The van der Waals surface area contributed by atoms with Gasteiger partial charge in [-0.05, 0) is 30.3 Å². The van der Waals surface area contributed by atoms with E-state index in [0.29, 0.717) is 11.5 Å². The molecule has 1 N–H and O–H groups in total. The van der Waals surface area contributed by atoms with E-state index in [4.69, 9.17) is 9.47 Å². The summed E-state index contributed by atoms with van der Waals surface area (Å²) in [6.45, 7) is 0.466. The zero-order valence-electron chi connectivity index (χ0n) is 16.3. The second kappa shape index (κ2) is 10.3. The molecule has 0 fully saturated rings. The highest BCUT2D eigenvalue weighted by Gasteiger charge is 2.32. The van der Waals surface area contributed by atoms with E-state index in [1.54, 1.807) is 18.2 Å². The van der Waals surface area contributed by atoms with Crippen LogP contribution in [0.1, 0.15) is 21.5 Å². The first-order chi connectivity index (χ1) is 14.9. The van der Waals surface area contributed by atoms with Gasteiger partial charge in [-0.2, -0.15) is 18.3 Å². The maximum Gasteiger partial charge on any atom is 0.417 e. The van der Waals surface area contributed by atoms with Gasteiger partial charge in [0, 0.05) is 5.56 Å². The number of ether oxygens (including phenoxy) is 2. The number of para-hydroxylation sites is 2. The van der Waals surface area contributed by atoms with E-state index < -0.39 is 17.6 Å². The molecule has 3 aromatic carbocycles. The van der Waals surface area contributed by atoms with E-state index in [0.717, 1.165) is 12.3 Å². The molecule has 0 saturated carbocycles. The number of hydrogen-bond acceptors (Lipinski definition) is 4. The Kier molecular flexibility index (Phi) is 7.26. The highest BCUT2D eigenvalue weighted by Crippen LogP contribution is 2.31. The number of nitrogens with zero attached hydrogens (tertiary/aromatic N) is 1. The first-order valence-corrected chi connectivity index (χ1v) is 9.34. The van der Waals surface area contributed by atoms with E-state index in [9.17, 15) is 18.0 Å². The highest BCUT2D eigenvalue weighted by atomic mass is 19.4. The number of carbonyl (C=O) groups excluding carboxylic acids is 1. The van der Waals surface area contributed by atoms with Gasteiger partial charge in [0.2, 0.25) is 0 Å². The van der Waals surface area contributed by atoms with Crippen LogP contribution in [0, 0.1) is 0 Å². The van der Waals surface area contributed by atoms with Gasteiger partial charge in [-0.15, -0.1) is 0 Å². The molecule has 0 unspecified atom stereocenters. The predicted molar refractivity (Wildman–Crippen MR) is 110 cm³/mol. The summed E-state index contributed by atoms with van der Waals surface area (Å²) in [5.41, 5.74) is 1.44. The van der Waals surface area contributed by atoms with Crippen molar-refractivity contribution in [3.8, 4) is 11.5 Å². The number of halogens is 3. The second-order valence-electron chi connectivity index (χ2n) is 6.29. The van der Waals surface area contributed by atoms with Gasteiger partial charge < -0.3 is 9.47 Å². The highest BCUT2D eigenvalue weighted by molar-refractivity contribution is 5.97. The molecule has 31 heavy (non-hydrogen) atoms. The van der Waals surface area contributed by atoms with Gasteiger partial charge >= 0.3 is 6.18 Å². The van der Waals surface area contributed by atoms with Crippen molar-refractivity contribution in [2.75, 3.05) is 13.2 Å². The molecule has 3 rings (SSSR count). The number of carbonyl (C=O) groups is 1. The molecule has 0 heterocycles. The molecule has 5 nitrogen and oxygen atoms in total. The summed E-state index contributed by atoms with van der Waals surface area (Å²) in [6, 6.07) is 20.7. The van der Waals surface area contributed by atoms with Crippen LogP contribution >= 0.6 is 0 Å². The third-order valence-corrected chi connectivity index (χ3v) is 4.12. The second-order valence-corrected chi connectivity index (χ2v) is 6.29. The van der Waals surface area contributed by atoms with Gasteiger partial charge in [0.15, 0.2) is 0 Å². The number of alkyl halides is 3. The van der Waals surface area contributed by atoms with Crippen molar-refractivity contribution in [2.45, 2.75) is 6.18 Å². The summed E-state index contributed by atoms with van der Waals surface area (Å²) in [5, 5.41) is 3.66. The molecule has 0 aliphatic rings. The quantitative estimate of drug-likeness (QED) is 0.315. The number of nitrogens with one attached hydrogen (secondary N) is 1. The number of amides is 1. The Morgan fingerprint density at radius 2 is 1.52 bits per heavy atom. The topological polar surface area (TPSA) is 59.9 Å². The third kappa shape index (κ3) is 6.33. The number of hydrogen-bond donors (Lipinski definition) is 1. The van der Waals surface area contributed by atoms with Crippen LogP contribution in [0.5, 0.6) is 11.5 Å². The Balaban J connectivity index is 1.59. The number of rotatable bonds is 8. The van der Waals surface area contributed by atoms with Crippen LogP contribution in [0.4, 0.5) is 13.2 Å². The van der Waals surface area contributed by atoms with Crippen molar-refractivity contribution in [3.63, 3.8) is 0 Å². The summed E-state index contributed by atoms with van der Waals surface area (Å²) in [4.78, 5) is 12.4. The molecule has 0 aromatic heterocycles. The minimum atomic E-state index is -4.52. The molecule has 0 radical (unpaired) electrons. The summed E-state index contributed by atoms with van der Waals surface area (Å²) in [6.07, 6.45) is -3.56. The minimum Gasteiger partial charge on any atom is -0.490 e. The van der Waals surface area contributed by atoms with Crippen LogP contribution in [-0.2, 0) is 6.18 Å². The number of hydrazone groups is 1. The van der Waals surface area contributed by atoms with Gasteiger partial charge in [0.05, 0.1) is 17.3 Å². The maximum atomic E-state index is 13.0. The van der Waals surface area contributed by atoms with E-state index >= 15 is 0 Å². The summed E-state index contributed by atoms with van der Waals surface area (Å²) >= 11 is 0. The molecule has 0 aliphatic carbocycles. The summed E-state index contributed by atoms with van der Waals surface area (Å²) in [5.74, 6) is 0.397. The first-order valence-electron chi connectivity index (χ1n) is 9.34. The maximum absolute atomic E-state index is 13.0. The molecule has 1 amide bonds. The van der Waals surface area contributed by atoms with Gasteiger partial charge in [0.1, 0.15) is 24.7 Å². The lowest BCUT2D eigenvalue weighted by Crippen LogP contribution is -2.20. The van der Waals surface area contributed by atoms with E-state index in [1.165, 1.54) is 24.3 Å². The van der Waals surface area contributed by atoms with Crippen molar-refractivity contribution < 1.29 is 27.4 Å². The summed E-state index contributed by atoms with van der Waals surface area (Å²) < 4.78 is 50.3. The summed E-state index contributed by atoms with van der Waals surface area (Å²) in [7, 11) is 0. The molecule has 0 atom stereocenters. The molecule has 160 valence electrons. The van der Waals surface area contributed by atoms with Gasteiger partial charge in [0.25, 0.3) is 5.91 Å². The van der Waals surface area contributed by atoms with Crippen LogP contribution in [0.15, 0.2) is 84.0 Å². The molecule has 0 saturated heterocycles. The average Bonchev–Trinajstić information content (AvgIpc) is 2.77. The minimum absolute atomic E-state index is 0.155. The molecular formula is C23H19F3N2O3. The Labute approximate surface area is 177 Å². The van der Waals surface area contributed by atoms with Crippen LogP contribution < -0.4 is 14.9 Å². The third-order valence-electron chi connectivity index (χ3n) is 4.12. The largest absolute Gasteiger partial charge is 0.490 e. The molecule has 0 aliphatic heterocycles. The molecule has 8 heteroatoms. The standard InChI is InChI=1S/C23H19F3N2O3/c24-23(25,26)20-12-6-4-8-17(20)16-27-28-22(29)19-11-5-7-13-21(19)31-15-14-30-18-9-2-1-3-10-18/h1-13,16H,14-15H2,(H,28,29). The van der Waals surface area contributed by atoms with Crippen molar-refractivity contribution >= 4 is 12.1 Å². The van der Waals surface area contributed by atoms with E-state index in [-0.39, 0.29) is 24.3 Å². The lowest BCUT2D eigenvalue weighted by Gasteiger charge is -2.11. The van der Waals surface area contributed by atoms with Crippen molar-refractivity contribution in [2.24, 2.45) is 5.10 Å². The fraction of sp³-hybridized carbons (Fsp3) is 0.130. The Bertz CT molecular complexity index is 1040. The van der Waals surface area contributed by atoms with Gasteiger partial charge in [-0.3, -0.25) is 4.79 Å². The Morgan fingerprint density at radius 1 is 0.871 bits per heavy atom. The molecule has 0 bridgehead atoms. The lowest BCUT2D eigenvalue weighted by molar-refractivity contribution is -0.137. The van der Waals surface area contributed by atoms with Gasteiger partial charge in [-0.1, -0.05) is 48.5 Å². The fourth-order valence-electron chi connectivity index (χ4n) is 2.70. The fourth-order valence-corrected chi connectivity index (χ4v) is 2.70. The Hall–Kier alpha value is -3.81. The Morgan fingerprint density at radius 3 is 2.29 bits per heavy atom. The van der Waals surface area contributed by atoms with Crippen molar-refractivity contribution in [1.29, 1.82) is 0 Å².